The zero-order valence-corrected chi connectivity index (χ0v) is 45.8. The van der Waals surface area contributed by atoms with E-state index in [1.807, 2.05) is 0 Å². The van der Waals surface area contributed by atoms with Crippen molar-refractivity contribution < 1.29 is 168 Å². The van der Waals surface area contributed by atoms with Crippen LogP contribution in [0.4, 0.5) is 0 Å². The number of hydrogen-bond acceptors (Lipinski definition) is 32. The van der Waals surface area contributed by atoms with Crippen LogP contribution in [-0.2, 0) is 9.59 Å². The Balaban J connectivity index is -0.0000000744. The quantitative estimate of drug-likeness (QED) is 0.0278. The summed E-state index contributed by atoms with van der Waals surface area (Å²) in [6, 6.07) is 0. The molecule has 0 saturated carbocycles. The minimum absolute atomic E-state index is 0.0645. The normalized spacial score (nSPS) is 10.1. The summed E-state index contributed by atoms with van der Waals surface area (Å²) >= 11 is 0. The van der Waals surface area contributed by atoms with Crippen LogP contribution in [0.2, 0.25) is 0 Å². The van der Waals surface area contributed by atoms with Gasteiger partial charge in [-0.2, -0.15) is 0 Å². The molecule has 0 unspecified atom stereocenters. The Morgan fingerprint density at radius 1 is 0.278 bits per heavy atom. The SMILES string of the molecule is CCCCCCCCCCCC(=O)N(C)CC(=O)O.OCC(O)CO.OCC(O)CO.OCC(O)CO.OCC(O)CO.OCC(O)CO.OCC(O)CO.OCC(O)CO.OCC(O)CO.OCC(O)CO.OCC(O)CO. The molecular formula is C45H109NO33. The molecule has 0 aliphatic rings. The van der Waals surface area contributed by atoms with E-state index in [2.05, 4.69) is 6.92 Å². The zero-order chi connectivity index (χ0) is 64.4. The highest BCUT2D eigenvalue weighted by Crippen LogP contribution is 2.11. The number of carbonyl (C=O) groups is 2. The Bertz CT molecular complexity index is 820. The summed E-state index contributed by atoms with van der Waals surface area (Å²) < 4.78 is 0. The van der Waals surface area contributed by atoms with Gasteiger partial charge in [0.1, 0.15) is 67.6 Å². The number of aliphatic hydroxyl groups excluding tert-OH is 30. The van der Waals surface area contributed by atoms with Gasteiger partial charge in [-0.15, -0.1) is 0 Å². The lowest BCUT2D eigenvalue weighted by molar-refractivity contribution is -0.143. The number of aliphatic hydroxyl groups is 30. The van der Waals surface area contributed by atoms with Gasteiger partial charge in [0.25, 0.3) is 0 Å². The lowest BCUT2D eigenvalue weighted by atomic mass is 10.1. The molecule has 0 spiro atoms. The van der Waals surface area contributed by atoms with Crippen LogP contribution in [0.5, 0.6) is 0 Å². The number of hydrogen-bond donors (Lipinski definition) is 31. The van der Waals surface area contributed by atoms with E-state index < -0.39 is 67.0 Å². The average Bonchev–Trinajstić information content (AvgIpc) is 3.49. The molecule has 0 radical (unpaired) electrons. The molecule has 34 heteroatoms. The Labute approximate surface area is 462 Å². The van der Waals surface area contributed by atoms with Crippen LogP contribution in [0.1, 0.15) is 71.1 Å². The van der Waals surface area contributed by atoms with Crippen molar-refractivity contribution in [3.63, 3.8) is 0 Å². The summed E-state index contributed by atoms with van der Waals surface area (Å²) in [5, 5.41) is 249. The van der Waals surface area contributed by atoms with E-state index in [4.69, 9.17) is 158 Å². The van der Waals surface area contributed by atoms with Crippen molar-refractivity contribution in [2.45, 2.75) is 132 Å². The second kappa shape index (κ2) is 92.2. The predicted molar refractivity (Wildman–Crippen MR) is 279 cm³/mol. The fraction of sp³-hybridized carbons (Fsp3) is 0.956. The monoisotopic (exact) mass is 1190 g/mol. The smallest absolute Gasteiger partial charge is 0.323 e. The maximum absolute atomic E-state index is 11.5. The van der Waals surface area contributed by atoms with Crippen LogP contribution in [0, 0.1) is 0 Å². The van der Waals surface area contributed by atoms with Crippen LogP contribution < -0.4 is 0 Å². The molecule has 0 aromatic heterocycles. The van der Waals surface area contributed by atoms with Gasteiger partial charge in [0.05, 0.1) is 132 Å². The molecule has 79 heavy (non-hydrogen) atoms. The standard InChI is InChI=1S/C15H29NO3.10C3H8O3/c1-3-4-5-6-7-8-9-10-11-12-14(17)16(2)13-15(18)19;10*4-1-3(6)2-5/h3-13H2,1-2H3,(H,18,19);10*3-6H,1-2H2. The average molecular weight is 1190 g/mol. The minimum Gasteiger partial charge on any atom is -0.480 e. The van der Waals surface area contributed by atoms with Crippen molar-refractivity contribution in [1.82, 2.24) is 4.90 Å². The van der Waals surface area contributed by atoms with Crippen molar-refractivity contribution >= 4 is 11.9 Å². The van der Waals surface area contributed by atoms with Gasteiger partial charge < -0.3 is 163 Å². The van der Waals surface area contributed by atoms with Gasteiger partial charge in [-0.1, -0.05) is 58.3 Å². The van der Waals surface area contributed by atoms with E-state index in [1.165, 1.54) is 49.8 Å². The molecule has 0 rings (SSSR count). The summed E-state index contributed by atoms with van der Waals surface area (Å²) in [5.41, 5.74) is 0. The molecule has 34 nitrogen and oxygen atoms in total. The van der Waals surface area contributed by atoms with E-state index in [-0.39, 0.29) is 145 Å². The van der Waals surface area contributed by atoms with Gasteiger partial charge >= 0.3 is 5.97 Å². The lowest BCUT2D eigenvalue weighted by Crippen LogP contribution is -2.31. The number of amides is 1. The van der Waals surface area contributed by atoms with E-state index in [1.54, 1.807) is 7.05 Å². The Kier molecular flexibility index (Phi) is 119. The van der Waals surface area contributed by atoms with Gasteiger partial charge in [-0.05, 0) is 6.42 Å². The van der Waals surface area contributed by atoms with Gasteiger partial charge in [0, 0.05) is 13.5 Å². The fourth-order valence-corrected chi connectivity index (χ4v) is 2.65. The maximum Gasteiger partial charge on any atom is 0.323 e. The first-order valence-corrected chi connectivity index (χ1v) is 24.6. The highest BCUT2D eigenvalue weighted by Gasteiger charge is 2.11. The Morgan fingerprint density at radius 3 is 0.532 bits per heavy atom. The number of aliphatic carboxylic acids is 1. The summed E-state index contributed by atoms with van der Waals surface area (Å²) in [6.07, 6.45) is 1.90. The Morgan fingerprint density at radius 2 is 0.418 bits per heavy atom. The molecule has 0 heterocycles. The number of carboxylic acids is 1. The zero-order valence-electron chi connectivity index (χ0n) is 45.8. The van der Waals surface area contributed by atoms with Crippen molar-refractivity contribution in [2.24, 2.45) is 0 Å². The number of carbonyl (C=O) groups excluding carboxylic acids is 1. The minimum atomic E-state index is -0.956. The number of likely N-dealkylation sites (N-methyl/N-ethyl adjacent to an activating group) is 1. The molecule has 0 aromatic rings. The van der Waals surface area contributed by atoms with Gasteiger partial charge in [-0.25, -0.2) is 0 Å². The molecule has 0 atom stereocenters. The number of carboxylic acid groups (broad SMARTS) is 1. The summed E-state index contributed by atoms with van der Waals surface area (Å²) in [7, 11) is 1.55. The Hall–Kier alpha value is -2.26. The van der Waals surface area contributed by atoms with Crippen LogP contribution in [0.3, 0.4) is 0 Å². The molecule has 492 valence electrons. The first-order valence-electron chi connectivity index (χ1n) is 24.6. The van der Waals surface area contributed by atoms with Crippen molar-refractivity contribution in [3.8, 4) is 0 Å². The van der Waals surface area contributed by atoms with Gasteiger partial charge in [-0.3, -0.25) is 9.59 Å². The second-order valence-corrected chi connectivity index (χ2v) is 15.4. The van der Waals surface area contributed by atoms with Crippen LogP contribution in [0.25, 0.3) is 0 Å². The largest absolute Gasteiger partial charge is 0.480 e. The van der Waals surface area contributed by atoms with Crippen LogP contribution in [-0.4, -0.2) is 382 Å². The molecular weight excluding hydrogens is 1080 g/mol. The topological polar surface area (TPSA) is 665 Å². The third-order valence-electron chi connectivity index (χ3n) is 7.51. The first kappa shape index (κ1) is 102. The number of nitrogens with zero attached hydrogens (tertiary/aromatic N) is 1. The lowest BCUT2D eigenvalue weighted by Gasteiger charge is -2.14. The predicted octanol–water partition coefficient (Wildman–Crippen LogP) is -13.2. The van der Waals surface area contributed by atoms with Crippen molar-refractivity contribution in [1.29, 1.82) is 0 Å². The maximum atomic E-state index is 11.5. The number of unbranched alkanes of at least 4 members (excludes halogenated alkanes) is 8. The van der Waals surface area contributed by atoms with Gasteiger partial charge in [0.15, 0.2) is 0 Å². The molecule has 0 bridgehead atoms. The molecule has 0 saturated heterocycles. The van der Waals surface area contributed by atoms with E-state index in [9.17, 15) is 9.59 Å². The fourth-order valence-electron chi connectivity index (χ4n) is 2.65. The van der Waals surface area contributed by atoms with E-state index in [0.29, 0.717) is 6.42 Å². The third kappa shape index (κ3) is 128. The van der Waals surface area contributed by atoms with Crippen LogP contribution >= 0.6 is 0 Å². The summed E-state index contributed by atoms with van der Waals surface area (Å²) in [5.74, 6) is -1.02. The molecule has 0 aliphatic carbocycles. The highest BCUT2D eigenvalue weighted by molar-refractivity contribution is 5.80. The van der Waals surface area contributed by atoms with E-state index >= 15 is 0 Å². The summed E-state index contributed by atoms with van der Waals surface area (Å²) in [4.78, 5) is 23.3. The van der Waals surface area contributed by atoms with Crippen molar-refractivity contribution in [2.75, 3.05) is 146 Å². The number of rotatable bonds is 32. The molecule has 0 aromatic carbocycles. The molecule has 0 aliphatic heterocycles. The summed E-state index contributed by atoms with van der Waals surface area (Å²) in [6.45, 7) is -5.27. The molecule has 1 amide bonds. The third-order valence-corrected chi connectivity index (χ3v) is 7.51. The van der Waals surface area contributed by atoms with Crippen LogP contribution in [0.15, 0.2) is 0 Å². The molecule has 31 N–H and O–H groups in total. The van der Waals surface area contributed by atoms with Gasteiger partial charge in [0.2, 0.25) is 5.91 Å². The second-order valence-electron chi connectivity index (χ2n) is 15.4. The van der Waals surface area contributed by atoms with Crippen molar-refractivity contribution in [3.05, 3.63) is 0 Å². The highest BCUT2D eigenvalue weighted by atomic mass is 16.4. The van der Waals surface area contributed by atoms with E-state index in [0.717, 1.165) is 12.8 Å². The first-order chi connectivity index (χ1) is 37.2. The molecule has 0 fully saturated rings.